The average Bonchev–Trinajstić information content (AvgIpc) is 2.84. The van der Waals surface area contributed by atoms with Gasteiger partial charge in [-0.05, 0) is 24.3 Å². The first-order valence-corrected chi connectivity index (χ1v) is 7.70. The van der Waals surface area contributed by atoms with Gasteiger partial charge in [0.1, 0.15) is 5.82 Å². The normalized spacial score (nSPS) is 13.2. The van der Waals surface area contributed by atoms with E-state index in [0.29, 0.717) is 22.0 Å². The highest BCUT2D eigenvalue weighted by Gasteiger charge is 2.35. The Hall–Kier alpha value is -2.73. The van der Waals surface area contributed by atoms with Crippen LogP contribution in [-0.4, -0.2) is 41.2 Å². The standard InChI is InChI=1S/C17H14ClN3O3/c1-20(14-7-6-11(18)10-19-14)15(22)8-9-21-16(23)12-4-2-3-5-13(12)17(21)24/h2-7,10H,8-9H2,1H3. The second-order valence-corrected chi connectivity index (χ2v) is 5.78. The summed E-state index contributed by atoms with van der Waals surface area (Å²) in [6.45, 7) is 0.0309. The second-order valence-electron chi connectivity index (χ2n) is 5.34. The van der Waals surface area contributed by atoms with Gasteiger partial charge in [-0.25, -0.2) is 4.98 Å². The first-order chi connectivity index (χ1) is 11.5. The number of amides is 3. The lowest BCUT2D eigenvalue weighted by molar-refractivity contribution is -0.118. The van der Waals surface area contributed by atoms with E-state index in [-0.39, 0.29) is 30.7 Å². The van der Waals surface area contributed by atoms with Gasteiger partial charge in [0.25, 0.3) is 11.8 Å². The molecule has 1 aliphatic heterocycles. The molecule has 0 atom stereocenters. The molecule has 1 aromatic heterocycles. The zero-order chi connectivity index (χ0) is 17.3. The lowest BCUT2D eigenvalue weighted by Crippen LogP contribution is -2.35. The van der Waals surface area contributed by atoms with Crippen LogP contribution in [0.15, 0.2) is 42.6 Å². The minimum Gasteiger partial charge on any atom is -0.300 e. The van der Waals surface area contributed by atoms with Crippen LogP contribution in [0.25, 0.3) is 0 Å². The van der Waals surface area contributed by atoms with Crippen molar-refractivity contribution in [1.29, 1.82) is 0 Å². The first-order valence-electron chi connectivity index (χ1n) is 7.32. The number of nitrogens with zero attached hydrogens (tertiary/aromatic N) is 3. The molecule has 2 aromatic rings. The maximum Gasteiger partial charge on any atom is 0.261 e. The Labute approximate surface area is 143 Å². The summed E-state index contributed by atoms with van der Waals surface area (Å²) in [4.78, 5) is 43.3. The molecule has 0 aliphatic carbocycles. The molecule has 24 heavy (non-hydrogen) atoms. The fraction of sp³-hybridized carbons (Fsp3) is 0.176. The molecule has 0 spiro atoms. The van der Waals surface area contributed by atoms with E-state index in [1.54, 1.807) is 43.4 Å². The minimum atomic E-state index is -0.365. The smallest absolute Gasteiger partial charge is 0.261 e. The van der Waals surface area contributed by atoms with E-state index in [9.17, 15) is 14.4 Å². The van der Waals surface area contributed by atoms with Crippen molar-refractivity contribution in [2.75, 3.05) is 18.5 Å². The largest absolute Gasteiger partial charge is 0.300 e. The maximum atomic E-state index is 12.3. The molecule has 0 saturated heterocycles. The topological polar surface area (TPSA) is 70.6 Å². The highest BCUT2D eigenvalue weighted by Crippen LogP contribution is 2.22. The number of rotatable bonds is 4. The van der Waals surface area contributed by atoms with Crippen molar-refractivity contribution < 1.29 is 14.4 Å². The quantitative estimate of drug-likeness (QED) is 0.799. The molecule has 122 valence electrons. The van der Waals surface area contributed by atoms with Gasteiger partial charge in [-0.2, -0.15) is 0 Å². The van der Waals surface area contributed by atoms with Crippen molar-refractivity contribution in [3.05, 3.63) is 58.7 Å². The van der Waals surface area contributed by atoms with Gasteiger partial charge in [0.05, 0.1) is 16.1 Å². The van der Waals surface area contributed by atoms with Gasteiger partial charge in [0, 0.05) is 26.2 Å². The average molecular weight is 344 g/mol. The van der Waals surface area contributed by atoms with Crippen molar-refractivity contribution in [3.63, 3.8) is 0 Å². The Kier molecular flexibility index (Phi) is 4.31. The van der Waals surface area contributed by atoms with Gasteiger partial charge >= 0.3 is 0 Å². The SMILES string of the molecule is CN(C(=O)CCN1C(=O)c2ccccc2C1=O)c1ccc(Cl)cn1. The number of anilines is 1. The number of carbonyl (C=O) groups is 3. The van der Waals surface area contributed by atoms with E-state index >= 15 is 0 Å². The van der Waals surface area contributed by atoms with E-state index in [2.05, 4.69) is 4.98 Å². The Bertz CT molecular complexity index is 785. The number of imide groups is 1. The van der Waals surface area contributed by atoms with Crippen LogP contribution in [0.1, 0.15) is 27.1 Å². The number of halogens is 1. The molecule has 2 heterocycles. The first kappa shape index (κ1) is 16.1. The van der Waals surface area contributed by atoms with Gasteiger partial charge in [0.2, 0.25) is 5.91 Å². The highest BCUT2D eigenvalue weighted by molar-refractivity contribution is 6.30. The summed E-state index contributed by atoms with van der Waals surface area (Å²) >= 11 is 5.77. The highest BCUT2D eigenvalue weighted by atomic mass is 35.5. The summed E-state index contributed by atoms with van der Waals surface area (Å²) < 4.78 is 0. The van der Waals surface area contributed by atoms with Crippen LogP contribution in [0.2, 0.25) is 5.02 Å². The van der Waals surface area contributed by atoms with Crippen molar-refractivity contribution in [2.45, 2.75) is 6.42 Å². The van der Waals surface area contributed by atoms with Crippen molar-refractivity contribution in [2.24, 2.45) is 0 Å². The predicted molar refractivity (Wildman–Crippen MR) is 89.1 cm³/mol. The molecule has 0 bridgehead atoms. The van der Waals surface area contributed by atoms with Crippen LogP contribution < -0.4 is 4.90 Å². The number of benzene rings is 1. The lowest BCUT2D eigenvalue weighted by atomic mass is 10.1. The summed E-state index contributed by atoms with van der Waals surface area (Å²) in [6, 6.07) is 9.90. The molecule has 6 nitrogen and oxygen atoms in total. The Morgan fingerprint density at radius 3 is 2.29 bits per heavy atom. The van der Waals surface area contributed by atoms with Crippen molar-refractivity contribution >= 4 is 35.1 Å². The molecule has 3 amide bonds. The minimum absolute atomic E-state index is 0.0201. The van der Waals surface area contributed by atoms with E-state index in [0.717, 1.165) is 4.90 Å². The van der Waals surface area contributed by atoms with Gasteiger partial charge in [-0.15, -0.1) is 0 Å². The zero-order valence-corrected chi connectivity index (χ0v) is 13.7. The van der Waals surface area contributed by atoms with Crippen LogP contribution in [0.3, 0.4) is 0 Å². The molecular weight excluding hydrogens is 330 g/mol. The molecule has 7 heteroatoms. The van der Waals surface area contributed by atoms with Gasteiger partial charge in [-0.1, -0.05) is 23.7 Å². The third-order valence-corrected chi connectivity index (χ3v) is 4.08. The molecule has 1 aromatic carbocycles. The van der Waals surface area contributed by atoms with E-state index < -0.39 is 0 Å². The third kappa shape index (κ3) is 2.88. The number of hydrogen-bond acceptors (Lipinski definition) is 4. The molecule has 0 N–H and O–H groups in total. The zero-order valence-electron chi connectivity index (χ0n) is 12.9. The van der Waals surface area contributed by atoms with Gasteiger partial charge < -0.3 is 0 Å². The van der Waals surface area contributed by atoms with Crippen molar-refractivity contribution in [1.82, 2.24) is 9.88 Å². The lowest BCUT2D eigenvalue weighted by Gasteiger charge is -2.18. The second kappa shape index (κ2) is 6.41. The summed E-state index contributed by atoms with van der Waals surface area (Å²) in [5.74, 6) is -0.528. The van der Waals surface area contributed by atoms with E-state index in [4.69, 9.17) is 11.6 Å². The van der Waals surface area contributed by atoms with E-state index in [1.807, 2.05) is 0 Å². The molecule has 0 unspecified atom stereocenters. The number of aromatic nitrogens is 1. The maximum absolute atomic E-state index is 12.3. The molecule has 3 rings (SSSR count). The van der Waals surface area contributed by atoms with Crippen LogP contribution in [0.5, 0.6) is 0 Å². The fourth-order valence-electron chi connectivity index (χ4n) is 2.51. The molecule has 0 saturated carbocycles. The molecule has 1 aliphatic rings. The van der Waals surface area contributed by atoms with Crippen LogP contribution in [0.4, 0.5) is 5.82 Å². The van der Waals surface area contributed by atoms with Crippen molar-refractivity contribution in [3.8, 4) is 0 Å². The number of carbonyl (C=O) groups excluding carboxylic acids is 3. The predicted octanol–water partition coefficient (Wildman–Crippen LogP) is 2.38. The molecule has 0 fully saturated rings. The summed E-state index contributed by atoms with van der Waals surface area (Å²) in [5.41, 5.74) is 0.755. The van der Waals surface area contributed by atoms with Gasteiger partial charge in [-0.3, -0.25) is 24.2 Å². The fourth-order valence-corrected chi connectivity index (χ4v) is 2.62. The summed E-state index contributed by atoms with van der Waals surface area (Å²) in [7, 11) is 1.58. The summed E-state index contributed by atoms with van der Waals surface area (Å²) in [6.07, 6.45) is 1.47. The van der Waals surface area contributed by atoms with Gasteiger partial charge in [0.15, 0.2) is 0 Å². The number of pyridine rings is 1. The summed E-state index contributed by atoms with van der Waals surface area (Å²) in [5, 5.41) is 0.477. The molecular formula is C17H14ClN3O3. The Balaban J connectivity index is 1.66. The van der Waals surface area contributed by atoms with Crippen LogP contribution >= 0.6 is 11.6 Å². The Morgan fingerprint density at radius 2 is 1.75 bits per heavy atom. The monoisotopic (exact) mass is 343 g/mol. The number of fused-ring (bicyclic) bond motifs is 1. The number of hydrogen-bond donors (Lipinski definition) is 0. The van der Waals surface area contributed by atoms with Crippen LogP contribution in [0, 0.1) is 0 Å². The van der Waals surface area contributed by atoms with Crippen LogP contribution in [-0.2, 0) is 4.79 Å². The van der Waals surface area contributed by atoms with E-state index in [1.165, 1.54) is 11.1 Å². The third-order valence-electron chi connectivity index (χ3n) is 3.86. The molecule has 0 radical (unpaired) electrons. The Morgan fingerprint density at radius 1 is 1.12 bits per heavy atom.